The van der Waals surface area contributed by atoms with Crippen LogP contribution in [-0.2, 0) is 25.2 Å². The second-order valence-electron chi connectivity index (χ2n) is 10.1. The van der Waals surface area contributed by atoms with Gasteiger partial charge in [0.2, 0.25) is 0 Å². The quantitative estimate of drug-likeness (QED) is 0.205. The van der Waals surface area contributed by atoms with E-state index in [2.05, 4.69) is 0 Å². The van der Waals surface area contributed by atoms with Crippen LogP contribution in [0.1, 0.15) is 38.3 Å². The van der Waals surface area contributed by atoms with E-state index in [-0.39, 0.29) is 25.0 Å². The highest BCUT2D eigenvalue weighted by Crippen LogP contribution is 2.39. The number of anilines is 2. The molecule has 0 N–H and O–H groups in total. The zero-order valence-electron chi connectivity index (χ0n) is 23.1. The largest absolute Gasteiger partial charge is 0.491 e. The van der Waals surface area contributed by atoms with Gasteiger partial charge in [-0.2, -0.15) is 18.4 Å². The second kappa shape index (κ2) is 12.1. The summed E-state index contributed by atoms with van der Waals surface area (Å²) in [6.07, 6.45) is 1.19. The molecule has 9 nitrogen and oxygen atoms in total. The number of carbonyl (C=O) groups excluding carboxylic acids is 3. The number of nitrogens with zero attached hydrogens (tertiary/aromatic N) is 3. The van der Waals surface area contributed by atoms with Crippen LogP contribution in [0.15, 0.2) is 66.5 Å². The van der Waals surface area contributed by atoms with Gasteiger partial charge in [0.25, 0.3) is 5.91 Å². The molecule has 1 fully saturated rings. The van der Waals surface area contributed by atoms with E-state index < -0.39 is 40.9 Å². The number of nitriles is 1. The van der Waals surface area contributed by atoms with Crippen LogP contribution in [0, 0.1) is 11.3 Å². The normalized spacial score (nSPS) is 18.9. The molecular weight excluding hydrogens is 555 g/mol. The Morgan fingerprint density at radius 1 is 1.12 bits per heavy atom. The number of amides is 3. The van der Waals surface area contributed by atoms with E-state index in [1.807, 2.05) is 12.2 Å². The van der Waals surface area contributed by atoms with Gasteiger partial charge in [-0.15, -0.1) is 0 Å². The van der Waals surface area contributed by atoms with Gasteiger partial charge in [0.05, 0.1) is 35.6 Å². The minimum absolute atomic E-state index is 0.165. The molecule has 220 valence electrons. The Bertz CT molecular complexity index is 1460. The lowest BCUT2D eigenvalue weighted by Gasteiger charge is -2.27. The summed E-state index contributed by atoms with van der Waals surface area (Å²) in [7, 11) is 0. The van der Waals surface area contributed by atoms with E-state index in [1.54, 1.807) is 37.3 Å². The molecule has 2 aromatic rings. The van der Waals surface area contributed by atoms with Crippen molar-refractivity contribution in [1.29, 1.82) is 5.26 Å². The Labute approximate surface area is 240 Å². The summed E-state index contributed by atoms with van der Waals surface area (Å²) in [5.74, 6) is 0.374. The minimum Gasteiger partial charge on any atom is -0.491 e. The first kappa shape index (κ1) is 30.3. The first-order chi connectivity index (χ1) is 19.9. The summed E-state index contributed by atoms with van der Waals surface area (Å²) in [4.78, 5) is 39.2. The van der Waals surface area contributed by atoms with Gasteiger partial charge >= 0.3 is 12.2 Å². The Hall–Kier alpha value is -4.63. The van der Waals surface area contributed by atoms with E-state index in [0.717, 1.165) is 12.1 Å². The molecule has 1 heterocycles. The van der Waals surface area contributed by atoms with Gasteiger partial charge in [-0.25, -0.2) is 9.69 Å². The summed E-state index contributed by atoms with van der Waals surface area (Å²) in [6, 6.07) is 9.73. The van der Waals surface area contributed by atoms with Crippen molar-refractivity contribution in [3.8, 4) is 11.8 Å². The average molecular weight is 584 g/mol. The molecule has 0 saturated carbocycles. The molecule has 1 aliphatic carbocycles. The molecule has 1 saturated heterocycles. The topological polar surface area (TPSA) is 109 Å². The van der Waals surface area contributed by atoms with Crippen molar-refractivity contribution in [3.63, 3.8) is 0 Å². The van der Waals surface area contributed by atoms with Crippen LogP contribution in [0.5, 0.6) is 5.75 Å². The van der Waals surface area contributed by atoms with Crippen molar-refractivity contribution < 1.29 is 41.8 Å². The number of allylic oxidation sites excluding steroid dienone is 1. The number of hydrogen-bond donors (Lipinski definition) is 0. The van der Waals surface area contributed by atoms with Crippen molar-refractivity contribution in [3.05, 3.63) is 77.6 Å². The van der Waals surface area contributed by atoms with Crippen molar-refractivity contribution in [2.45, 2.75) is 51.1 Å². The average Bonchev–Trinajstić information content (AvgIpc) is 3.14. The van der Waals surface area contributed by atoms with E-state index in [0.29, 0.717) is 40.9 Å². The zero-order valence-corrected chi connectivity index (χ0v) is 23.1. The number of carbonyl (C=O) groups is 3. The Kier molecular flexibility index (Phi) is 8.72. The van der Waals surface area contributed by atoms with Gasteiger partial charge in [0.15, 0.2) is 12.4 Å². The lowest BCUT2D eigenvalue weighted by atomic mass is 10.0. The molecule has 4 rings (SSSR count). The van der Waals surface area contributed by atoms with Gasteiger partial charge in [-0.1, -0.05) is 6.08 Å². The lowest BCUT2D eigenvalue weighted by Crippen LogP contribution is -2.44. The number of aldehydes is 1. The molecule has 3 amide bonds. The van der Waals surface area contributed by atoms with Crippen molar-refractivity contribution >= 4 is 29.6 Å². The smallest absolute Gasteiger partial charge is 0.417 e. The molecule has 2 unspecified atom stereocenters. The number of benzene rings is 2. The minimum atomic E-state index is -4.85. The third-order valence-electron chi connectivity index (χ3n) is 6.67. The molecular formula is C30H28F3N3O6. The molecule has 0 radical (unpaired) electrons. The molecule has 1 aliphatic heterocycles. The standard InChI is InChI=1S/C30H28F3N3O6/c1-19(18-37)42-25-12-10-24(11-13-25)41-15-14-40-23-8-6-21(7-9-23)36-28(39)35(27(38)29(36,2)3)22-5-4-20(17-34)26(16-22)30(31,32)33/h4-10,12-13,16,18-19,24H,11,14-15H2,1-3H3. The summed E-state index contributed by atoms with van der Waals surface area (Å²) in [5, 5.41) is 9.07. The zero-order chi connectivity index (χ0) is 30.7. The maximum absolute atomic E-state index is 13.5. The van der Waals surface area contributed by atoms with Crippen molar-refractivity contribution in [2.24, 2.45) is 0 Å². The van der Waals surface area contributed by atoms with Crippen LogP contribution in [0.25, 0.3) is 0 Å². The van der Waals surface area contributed by atoms with Crippen LogP contribution in [0.3, 0.4) is 0 Å². The second-order valence-corrected chi connectivity index (χ2v) is 10.1. The molecule has 0 spiro atoms. The fourth-order valence-electron chi connectivity index (χ4n) is 4.54. The number of alkyl halides is 3. The molecule has 2 atom stereocenters. The molecule has 42 heavy (non-hydrogen) atoms. The Morgan fingerprint density at radius 3 is 2.40 bits per heavy atom. The summed E-state index contributed by atoms with van der Waals surface area (Å²) in [6.45, 7) is 5.17. The van der Waals surface area contributed by atoms with Gasteiger partial charge in [0, 0.05) is 5.69 Å². The third kappa shape index (κ3) is 6.31. The van der Waals surface area contributed by atoms with Crippen molar-refractivity contribution in [1.82, 2.24) is 0 Å². The van der Waals surface area contributed by atoms with Crippen LogP contribution in [0.2, 0.25) is 0 Å². The van der Waals surface area contributed by atoms with Crippen LogP contribution in [-0.4, -0.2) is 49.2 Å². The first-order valence-electron chi connectivity index (χ1n) is 13.0. The molecule has 2 aromatic carbocycles. The van der Waals surface area contributed by atoms with Gasteiger partial charge < -0.3 is 14.2 Å². The van der Waals surface area contributed by atoms with E-state index in [1.165, 1.54) is 24.8 Å². The fourth-order valence-corrected chi connectivity index (χ4v) is 4.54. The highest BCUT2D eigenvalue weighted by Gasteiger charge is 2.53. The van der Waals surface area contributed by atoms with Gasteiger partial charge in [-0.3, -0.25) is 14.5 Å². The Balaban J connectivity index is 1.38. The highest BCUT2D eigenvalue weighted by molar-refractivity contribution is 6.30. The molecule has 0 aromatic heterocycles. The SMILES string of the molecule is CC(C=O)OC1=CCC(OCCOc2ccc(N3C(=O)N(c4ccc(C#N)c(C(F)(F)F)c4)C(=O)C3(C)C)cc2)C=C1. The summed E-state index contributed by atoms with van der Waals surface area (Å²) >= 11 is 0. The van der Waals surface area contributed by atoms with Crippen LogP contribution >= 0.6 is 0 Å². The number of hydrogen-bond acceptors (Lipinski definition) is 7. The maximum atomic E-state index is 13.5. The number of ether oxygens (including phenoxy) is 3. The number of rotatable bonds is 10. The highest BCUT2D eigenvalue weighted by atomic mass is 19.4. The number of halogens is 3. The number of urea groups is 1. The van der Waals surface area contributed by atoms with E-state index in [9.17, 15) is 27.6 Å². The predicted molar refractivity (Wildman–Crippen MR) is 146 cm³/mol. The predicted octanol–water partition coefficient (Wildman–Crippen LogP) is 5.54. The monoisotopic (exact) mass is 583 g/mol. The third-order valence-corrected chi connectivity index (χ3v) is 6.67. The van der Waals surface area contributed by atoms with Gasteiger partial charge in [0.1, 0.15) is 23.7 Å². The Morgan fingerprint density at radius 2 is 1.81 bits per heavy atom. The summed E-state index contributed by atoms with van der Waals surface area (Å²) < 4.78 is 57.4. The molecule has 2 aliphatic rings. The molecule has 0 bridgehead atoms. The number of imide groups is 1. The van der Waals surface area contributed by atoms with Crippen molar-refractivity contribution in [2.75, 3.05) is 23.0 Å². The van der Waals surface area contributed by atoms with E-state index >= 15 is 0 Å². The maximum Gasteiger partial charge on any atom is 0.417 e. The first-order valence-corrected chi connectivity index (χ1v) is 13.0. The molecule has 12 heteroatoms. The van der Waals surface area contributed by atoms with Crippen LogP contribution < -0.4 is 14.5 Å². The van der Waals surface area contributed by atoms with Crippen LogP contribution in [0.4, 0.5) is 29.3 Å². The fraction of sp³-hybridized carbons (Fsp3) is 0.333. The van der Waals surface area contributed by atoms with Gasteiger partial charge in [-0.05, 0) is 81.8 Å². The van der Waals surface area contributed by atoms with E-state index in [4.69, 9.17) is 19.5 Å². The summed E-state index contributed by atoms with van der Waals surface area (Å²) in [5.41, 5.74) is -3.19. The lowest BCUT2D eigenvalue weighted by molar-refractivity contribution is -0.137.